The molecule has 1 fully saturated rings. The lowest BCUT2D eigenvalue weighted by atomic mass is 9.20. The molecular formula is C8H19B2N. The van der Waals surface area contributed by atoms with Gasteiger partial charge in [0.2, 0.25) is 0 Å². The molecule has 0 aliphatic carbocycles. The zero-order chi connectivity index (χ0) is 8.43. The summed E-state index contributed by atoms with van der Waals surface area (Å²) >= 11 is 0. The molecule has 0 aromatic rings. The predicted octanol–water partition coefficient (Wildman–Crippen LogP) is 1.04. The minimum Gasteiger partial charge on any atom is -0.317 e. The molecule has 1 heterocycles. The van der Waals surface area contributed by atoms with Crippen LogP contribution in [0.5, 0.6) is 0 Å². The molecule has 0 aromatic carbocycles. The first kappa shape index (κ1) is 9.18. The van der Waals surface area contributed by atoms with Gasteiger partial charge in [0.05, 0.1) is 0 Å². The summed E-state index contributed by atoms with van der Waals surface area (Å²) in [6.45, 7) is 7.90. The van der Waals surface area contributed by atoms with Gasteiger partial charge in [-0.05, 0) is 31.8 Å². The van der Waals surface area contributed by atoms with Gasteiger partial charge in [-0.1, -0.05) is 20.7 Å². The Hall–Kier alpha value is 0.0899. The van der Waals surface area contributed by atoms with Crippen molar-refractivity contribution >= 4 is 13.8 Å². The number of rotatable bonds is 2. The Bertz CT molecular complexity index is 129. The molecular weight excluding hydrogens is 132 g/mol. The van der Waals surface area contributed by atoms with Crippen LogP contribution in [0, 0.1) is 0 Å². The Morgan fingerprint density at radius 1 is 1.36 bits per heavy atom. The van der Waals surface area contributed by atoms with Gasteiger partial charge in [0.15, 0.2) is 0 Å². The van der Waals surface area contributed by atoms with Crippen molar-refractivity contribution < 1.29 is 0 Å². The van der Waals surface area contributed by atoms with Crippen molar-refractivity contribution in [2.45, 2.75) is 45.4 Å². The van der Waals surface area contributed by atoms with E-state index in [2.05, 4.69) is 32.6 Å². The maximum atomic E-state index is 2.57. The van der Waals surface area contributed by atoms with E-state index in [9.17, 15) is 0 Å². The van der Waals surface area contributed by atoms with E-state index in [1.807, 2.05) is 0 Å². The summed E-state index contributed by atoms with van der Waals surface area (Å²) in [5.41, 5.74) is 0. The third-order valence-electron chi connectivity index (χ3n) is 3.29. The van der Waals surface area contributed by atoms with Crippen LogP contribution in [0.4, 0.5) is 0 Å². The molecule has 0 N–H and O–H groups in total. The zero-order valence-corrected chi connectivity index (χ0v) is 8.30. The first-order valence-corrected chi connectivity index (χ1v) is 4.92. The fourth-order valence-corrected chi connectivity index (χ4v) is 2.57. The standard InChI is InChI=1S/C8H19B2N/c1-5-7-9-10(3)8(6-2)11(7)4/h7-9H,5-6H2,1-4H3. The van der Waals surface area contributed by atoms with Crippen LogP contribution in [-0.4, -0.2) is 37.6 Å². The molecule has 1 aliphatic rings. The van der Waals surface area contributed by atoms with Gasteiger partial charge in [0.25, 0.3) is 0 Å². The molecule has 0 spiro atoms. The molecule has 3 heteroatoms. The minimum atomic E-state index is 0.847. The second kappa shape index (κ2) is 3.66. The second-order valence-electron chi connectivity index (χ2n) is 3.92. The quantitative estimate of drug-likeness (QED) is 0.533. The van der Waals surface area contributed by atoms with Gasteiger partial charge in [-0.3, -0.25) is 0 Å². The summed E-state index contributed by atoms with van der Waals surface area (Å²) in [4.78, 5) is 2.57. The Kier molecular flexibility index (Phi) is 3.06. The second-order valence-corrected chi connectivity index (χ2v) is 3.92. The normalized spacial score (nSPS) is 32.5. The molecule has 11 heavy (non-hydrogen) atoms. The van der Waals surface area contributed by atoms with Crippen LogP contribution < -0.4 is 0 Å². The zero-order valence-electron chi connectivity index (χ0n) is 8.30. The Labute approximate surface area is 71.8 Å². The van der Waals surface area contributed by atoms with Crippen molar-refractivity contribution in [3.8, 4) is 0 Å². The highest BCUT2D eigenvalue weighted by Gasteiger charge is 2.36. The van der Waals surface area contributed by atoms with E-state index < -0.39 is 0 Å². The van der Waals surface area contributed by atoms with Gasteiger partial charge < -0.3 is 4.90 Å². The van der Waals surface area contributed by atoms with E-state index in [4.69, 9.17) is 0 Å². The van der Waals surface area contributed by atoms with Crippen LogP contribution in [-0.2, 0) is 0 Å². The summed E-state index contributed by atoms with van der Waals surface area (Å²) in [5.74, 6) is 1.70. The van der Waals surface area contributed by atoms with Crippen LogP contribution in [0.1, 0.15) is 26.7 Å². The average molecular weight is 151 g/mol. The van der Waals surface area contributed by atoms with Crippen molar-refractivity contribution in [1.29, 1.82) is 0 Å². The maximum absolute atomic E-state index is 2.57. The fourth-order valence-electron chi connectivity index (χ4n) is 2.57. The molecule has 1 aliphatic heterocycles. The molecule has 1 nitrogen and oxygen atoms in total. The minimum absolute atomic E-state index is 0.847. The van der Waals surface area contributed by atoms with Gasteiger partial charge in [0.1, 0.15) is 13.8 Å². The Morgan fingerprint density at radius 3 is 2.27 bits per heavy atom. The van der Waals surface area contributed by atoms with E-state index in [1.165, 1.54) is 20.0 Å². The first-order chi connectivity index (χ1) is 5.20. The van der Waals surface area contributed by atoms with Gasteiger partial charge in [-0.2, -0.15) is 0 Å². The molecule has 1 rings (SSSR count). The van der Waals surface area contributed by atoms with Gasteiger partial charge in [0, 0.05) is 0 Å². The monoisotopic (exact) mass is 151 g/mol. The number of hydrogen-bond acceptors (Lipinski definition) is 1. The summed E-state index contributed by atoms with van der Waals surface area (Å²) in [6.07, 6.45) is 2.63. The lowest BCUT2D eigenvalue weighted by Gasteiger charge is -2.26. The maximum Gasteiger partial charge on any atom is 0.125 e. The van der Waals surface area contributed by atoms with E-state index in [0.717, 1.165) is 18.5 Å². The molecule has 2 atom stereocenters. The summed E-state index contributed by atoms with van der Waals surface area (Å²) < 4.78 is 0. The third kappa shape index (κ3) is 1.64. The number of hydrogen-bond donors (Lipinski definition) is 0. The molecule has 0 saturated carbocycles. The van der Waals surface area contributed by atoms with E-state index >= 15 is 0 Å². The molecule has 0 bridgehead atoms. The Morgan fingerprint density at radius 2 is 2.00 bits per heavy atom. The summed E-state index contributed by atoms with van der Waals surface area (Å²) in [5, 5.41) is 0. The van der Waals surface area contributed by atoms with Crippen molar-refractivity contribution in [2.75, 3.05) is 7.05 Å². The van der Waals surface area contributed by atoms with Gasteiger partial charge in [-0.15, -0.1) is 0 Å². The van der Waals surface area contributed by atoms with E-state index in [1.54, 1.807) is 0 Å². The van der Waals surface area contributed by atoms with Crippen LogP contribution in [0.25, 0.3) is 0 Å². The predicted molar refractivity (Wildman–Crippen MR) is 54.7 cm³/mol. The molecule has 0 radical (unpaired) electrons. The lowest BCUT2D eigenvalue weighted by molar-refractivity contribution is 0.279. The molecule has 62 valence electrons. The van der Waals surface area contributed by atoms with Crippen molar-refractivity contribution in [1.82, 2.24) is 4.90 Å². The van der Waals surface area contributed by atoms with Crippen LogP contribution in [0.15, 0.2) is 0 Å². The Balaban J connectivity index is 2.55. The molecule has 0 amide bonds. The highest BCUT2D eigenvalue weighted by molar-refractivity contribution is 7.14. The van der Waals surface area contributed by atoms with Crippen molar-refractivity contribution in [3.63, 3.8) is 0 Å². The van der Waals surface area contributed by atoms with Gasteiger partial charge in [-0.25, -0.2) is 0 Å². The topological polar surface area (TPSA) is 3.24 Å². The van der Waals surface area contributed by atoms with E-state index in [-0.39, 0.29) is 0 Å². The highest BCUT2D eigenvalue weighted by atomic mass is 15.1. The average Bonchev–Trinajstić information content (AvgIpc) is 2.26. The fraction of sp³-hybridized carbons (Fsp3) is 1.00. The van der Waals surface area contributed by atoms with Gasteiger partial charge >= 0.3 is 0 Å². The van der Waals surface area contributed by atoms with E-state index in [0.29, 0.717) is 0 Å². The first-order valence-electron chi connectivity index (χ1n) is 4.92. The van der Waals surface area contributed by atoms with Crippen molar-refractivity contribution in [3.05, 3.63) is 0 Å². The summed E-state index contributed by atoms with van der Waals surface area (Å²) in [7, 11) is 3.69. The number of nitrogens with zero attached hydrogens (tertiary/aromatic N) is 1. The summed E-state index contributed by atoms with van der Waals surface area (Å²) in [6, 6.07) is 0. The van der Waals surface area contributed by atoms with Crippen molar-refractivity contribution in [2.24, 2.45) is 0 Å². The SMILES string of the molecule is CCC1BB(C)C(CC)N1C. The van der Waals surface area contributed by atoms with Crippen LogP contribution >= 0.6 is 0 Å². The van der Waals surface area contributed by atoms with Crippen LogP contribution in [0.3, 0.4) is 0 Å². The molecule has 2 unspecified atom stereocenters. The smallest absolute Gasteiger partial charge is 0.125 e. The highest BCUT2D eigenvalue weighted by Crippen LogP contribution is 2.19. The van der Waals surface area contributed by atoms with Crippen LogP contribution in [0.2, 0.25) is 6.82 Å². The molecule has 1 saturated heterocycles. The lowest BCUT2D eigenvalue weighted by Crippen LogP contribution is -2.35. The third-order valence-corrected chi connectivity index (χ3v) is 3.29. The molecule has 0 aromatic heterocycles. The largest absolute Gasteiger partial charge is 0.317 e.